The minimum Gasteiger partial charge on any atom is -0.467 e. The molecule has 96 valence electrons. The van der Waals surface area contributed by atoms with E-state index in [0.29, 0.717) is 19.5 Å². The molecule has 1 aliphatic rings. The third-order valence-electron chi connectivity index (χ3n) is 3.22. The first-order valence-electron chi connectivity index (χ1n) is 6.08. The Labute approximate surface area is 110 Å². The second-order valence-corrected chi connectivity index (χ2v) is 4.50. The Bertz CT molecular complexity index is 621. The topological polar surface area (TPSA) is 51.3 Å². The zero-order valence-corrected chi connectivity index (χ0v) is 10.3. The molecule has 2 aromatic heterocycles. The highest BCUT2D eigenvalue weighted by atomic mass is 16.3. The van der Waals surface area contributed by atoms with Gasteiger partial charge in [0.25, 0.3) is 0 Å². The van der Waals surface area contributed by atoms with Crippen molar-refractivity contribution in [2.75, 3.05) is 11.4 Å². The van der Waals surface area contributed by atoms with E-state index in [9.17, 15) is 4.79 Å². The van der Waals surface area contributed by atoms with Crippen molar-refractivity contribution in [1.82, 2.24) is 9.78 Å². The minimum absolute atomic E-state index is 0.0144. The summed E-state index contributed by atoms with van der Waals surface area (Å²) >= 11 is 0. The fourth-order valence-corrected chi connectivity index (χ4v) is 2.27. The van der Waals surface area contributed by atoms with E-state index in [-0.39, 0.29) is 11.8 Å². The van der Waals surface area contributed by atoms with Crippen LogP contribution in [0.25, 0.3) is 0 Å². The zero-order chi connectivity index (χ0) is 13.2. The number of furan rings is 1. The molecule has 0 radical (unpaired) electrons. The van der Waals surface area contributed by atoms with Crippen LogP contribution in [0.1, 0.15) is 12.2 Å². The minimum atomic E-state index is -0.0144. The normalized spacial score (nSPS) is 18.8. The number of terminal acetylenes is 1. The van der Waals surface area contributed by atoms with Crippen molar-refractivity contribution in [1.29, 1.82) is 0 Å². The summed E-state index contributed by atoms with van der Waals surface area (Å²) in [5.41, 5.74) is 0. The Morgan fingerprint density at radius 1 is 1.53 bits per heavy atom. The maximum atomic E-state index is 12.0. The van der Waals surface area contributed by atoms with E-state index in [0.717, 1.165) is 11.6 Å². The Kier molecular flexibility index (Phi) is 2.84. The summed E-state index contributed by atoms with van der Waals surface area (Å²) in [5, 5.41) is 4.23. The lowest BCUT2D eigenvalue weighted by Crippen LogP contribution is -2.27. The highest BCUT2D eigenvalue weighted by Gasteiger charge is 2.31. The smallest absolute Gasteiger partial charge is 0.229 e. The molecule has 1 fully saturated rings. The van der Waals surface area contributed by atoms with E-state index >= 15 is 0 Å². The summed E-state index contributed by atoms with van der Waals surface area (Å²) < 4.78 is 7.04. The van der Waals surface area contributed by atoms with Crippen LogP contribution in [0.3, 0.4) is 0 Å². The van der Waals surface area contributed by atoms with E-state index in [1.165, 1.54) is 0 Å². The number of hydrogen-bond donors (Lipinski definition) is 0. The number of amides is 1. The molecule has 1 saturated heterocycles. The van der Waals surface area contributed by atoms with E-state index in [4.69, 9.17) is 10.8 Å². The maximum absolute atomic E-state index is 12.0. The Morgan fingerprint density at radius 2 is 2.42 bits per heavy atom. The molecular formula is C14H13N3O2. The number of rotatable bonds is 3. The molecule has 0 bridgehead atoms. The highest BCUT2D eigenvalue weighted by Crippen LogP contribution is 2.24. The second-order valence-electron chi connectivity index (χ2n) is 4.50. The Morgan fingerprint density at radius 3 is 3.11 bits per heavy atom. The van der Waals surface area contributed by atoms with Crippen LogP contribution >= 0.6 is 0 Å². The fourth-order valence-electron chi connectivity index (χ4n) is 2.27. The van der Waals surface area contributed by atoms with Crippen LogP contribution in [0.15, 0.2) is 35.1 Å². The van der Waals surface area contributed by atoms with Gasteiger partial charge in [-0.3, -0.25) is 9.69 Å². The van der Waals surface area contributed by atoms with Crippen LogP contribution in [0, 0.1) is 18.3 Å². The number of anilines is 1. The van der Waals surface area contributed by atoms with Crippen molar-refractivity contribution in [2.24, 2.45) is 5.92 Å². The van der Waals surface area contributed by atoms with Crippen molar-refractivity contribution >= 4 is 11.7 Å². The van der Waals surface area contributed by atoms with E-state index in [2.05, 4.69) is 11.0 Å². The number of carbonyl (C=O) groups is 1. The van der Waals surface area contributed by atoms with Gasteiger partial charge in [0.05, 0.1) is 12.5 Å². The molecule has 0 N–H and O–H groups in total. The average Bonchev–Trinajstić information content (AvgIpc) is 3.10. The Hall–Kier alpha value is -2.48. The van der Waals surface area contributed by atoms with Gasteiger partial charge in [-0.2, -0.15) is 5.10 Å². The molecule has 0 aromatic carbocycles. The third kappa shape index (κ3) is 2.13. The lowest BCUT2D eigenvalue weighted by molar-refractivity contribution is -0.117. The van der Waals surface area contributed by atoms with Gasteiger partial charge in [-0.05, 0) is 12.1 Å². The van der Waals surface area contributed by atoms with Gasteiger partial charge < -0.3 is 4.42 Å². The molecule has 5 heteroatoms. The van der Waals surface area contributed by atoms with E-state index in [1.54, 1.807) is 22.0 Å². The molecule has 0 aliphatic carbocycles. The molecule has 1 aliphatic heterocycles. The summed E-state index contributed by atoms with van der Waals surface area (Å²) in [6.07, 6.45) is 9.09. The molecule has 5 nitrogen and oxygen atoms in total. The van der Waals surface area contributed by atoms with Gasteiger partial charge in [0, 0.05) is 24.9 Å². The van der Waals surface area contributed by atoms with Crippen LogP contribution in [0.5, 0.6) is 0 Å². The third-order valence-corrected chi connectivity index (χ3v) is 3.22. The van der Waals surface area contributed by atoms with E-state index in [1.807, 2.05) is 18.2 Å². The monoisotopic (exact) mass is 255 g/mol. The predicted octanol–water partition coefficient (Wildman–Crippen LogP) is 1.51. The number of hydrogen-bond acceptors (Lipinski definition) is 3. The van der Waals surface area contributed by atoms with Gasteiger partial charge in [0.1, 0.15) is 18.1 Å². The molecule has 0 saturated carbocycles. The number of carbonyl (C=O) groups excluding carboxylic acids is 1. The number of nitrogens with zero attached hydrogens (tertiary/aromatic N) is 3. The van der Waals surface area contributed by atoms with Crippen molar-refractivity contribution < 1.29 is 9.21 Å². The molecule has 1 atom stereocenters. The summed E-state index contributed by atoms with van der Waals surface area (Å²) in [5.74, 6) is 4.23. The van der Waals surface area contributed by atoms with E-state index < -0.39 is 0 Å². The lowest BCUT2D eigenvalue weighted by atomic mass is 10.1. The number of aromatic nitrogens is 2. The van der Waals surface area contributed by atoms with Crippen LogP contribution in [-0.4, -0.2) is 22.2 Å². The molecule has 1 amide bonds. The Balaban J connectivity index is 1.84. The van der Waals surface area contributed by atoms with Crippen molar-refractivity contribution in [3.63, 3.8) is 0 Å². The van der Waals surface area contributed by atoms with Crippen LogP contribution in [0.4, 0.5) is 5.82 Å². The summed E-state index contributed by atoms with van der Waals surface area (Å²) in [6, 6.07) is 5.52. The van der Waals surface area contributed by atoms with Gasteiger partial charge in [0.15, 0.2) is 0 Å². The lowest BCUT2D eigenvalue weighted by Gasteiger charge is -2.16. The van der Waals surface area contributed by atoms with Crippen molar-refractivity contribution in [3.05, 3.63) is 36.4 Å². The predicted molar refractivity (Wildman–Crippen MR) is 69.3 cm³/mol. The van der Waals surface area contributed by atoms with Gasteiger partial charge in [-0.15, -0.1) is 12.3 Å². The summed E-state index contributed by atoms with van der Waals surface area (Å²) in [6.45, 7) is 1.05. The quantitative estimate of drug-likeness (QED) is 0.781. The maximum Gasteiger partial charge on any atom is 0.229 e. The van der Waals surface area contributed by atoms with Crippen molar-refractivity contribution in [2.45, 2.75) is 13.0 Å². The molecular weight excluding hydrogens is 242 g/mol. The van der Waals surface area contributed by atoms with Gasteiger partial charge in [-0.25, -0.2) is 4.68 Å². The van der Waals surface area contributed by atoms with Gasteiger partial charge in [0.2, 0.25) is 5.91 Å². The first-order valence-corrected chi connectivity index (χ1v) is 6.08. The largest absolute Gasteiger partial charge is 0.467 e. The summed E-state index contributed by atoms with van der Waals surface area (Å²) in [7, 11) is 0. The molecule has 19 heavy (non-hydrogen) atoms. The van der Waals surface area contributed by atoms with Gasteiger partial charge >= 0.3 is 0 Å². The SMILES string of the molecule is C#CC1CC(=O)N(c2ccnn2Cc2ccco2)C1. The van der Waals surface area contributed by atoms with Crippen LogP contribution < -0.4 is 4.90 Å². The molecule has 3 heterocycles. The van der Waals surface area contributed by atoms with Crippen LogP contribution in [0.2, 0.25) is 0 Å². The highest BCUT2D eigenvalue weighted by molar-refractivity contribution is 5.95. The zero-order valence-electron chi connectivity index (χ0n) is 10.3. The van der Waals surface area contributed by atoms with Crippen LogP contribution in [-0.2, 0) is 11.3 Å². The molecule has 2 aromatic rings. The fraction of sp³-hybridized carbons (Fsp3) is 0.286. The van der Waals surface area contributed by atoms with Gasteiger partial charge in [-0.1, -0.05) is 0 Å². The second kappa shape index (κ2) is 4.65. The first kappa shape index (κ1) is 11.6. The average molecular weight is 255 g/mol. The summed E-state index contributed by atoms with van der Waals surface area (Å²) in [4.78, 5) is 13.7. The molecule has 3 rings (SSSR count). The standard InChI is InChI=1S/C14H13N3O2/c1-2-11-8-14(18)16(9-11)13-5-6-15-17(13)10-12-4-3-7-19-12/h1,3-7,11H,8-10H2. The molecule has 0 spiro atoms. The first-order chi connectivity index (χ1) is 9.28. The van der Waals surface area contributed by atoms with Crippen molar-refractivity contribution in [3.8, 4) is 12.3 Å². The molecule has 1 unspecified atom stereocenters.